The first kappa shape index (κ1) is 17.4. The molecule has 0 bridgehead atoms. The molecule has 0 aliphatic carbocycles. The topological polar surface area (TPSA) is 60.2 Å². The number of amides is 2. The van der Waals surface area contributed by atoms with Crippen LogP contribution >= 0.6 is 0 Å². The zero-order chi connectivity index (χ0) is 17.4. The van der Waals surface area contributed by atoms with Crippen molar-refractivity contribution >= 4 is 11.8 Å². The minimum atomic E-state index is -4.75. The number of likely N-dealkylation sites (N-methyl/N-ethyl adjacent to an activating group) is 1. The summed E-state index contributed by atoms with van der Waals surface area (Å²) < 4.78 is 52.2. The van der Waals surface area contributed by atoms with Crippen LogP contribution in [0.3, 0.4) is 0 Å². The zero-order valence-electron chi connectivity index (χ0n) is 12.5. The highest BCUT2D eigenvalue weighted by Gasteiger charge is 2.52. The fourth-order valence-corrected chi connectivity index (χ4v) is 3.25. The molecular formula is C15H17F4N2O2+. The predicted molar refractivity (Wildman–Crippen MR) is 73.1 cm³/mol. The van der Waals surface area contributed by atoms with E-state index in [9.17, 15) is 27.2 Å². The fourth-order valence-electron chi connectivity index (χ4n) is 3.25. The lowest BCUT2D eigenvalue weighted by Crippen LogP contribution is -2.58. The highest BCUT2D eigenvalue weighted by Crippen LogP contribution is 2.37. The van der Waals surface area contributed by atoms with E-state index in [-0.39, 0.29) is 37.4 Å². The largest absolute Gasteiger partial charge is 0.416 e. The van der Waals surface area contributed by atoms with E-state index in [2.05, 4.69) is 0 Å². The number of hydrogen-bond acceptors (Lipinski definition) is 2. The number of alkyl halides is 3. The number of primary amides is 1. The van der Waals surface area contributed by atoms with E-state index in [0.717, 1.165) is 12.1 Å². The van der Waals surface area contributed by atoms with E-state index in [1.807, 2.05) is 0 Å². The van der Waals surface area contributed by atoms with Gasteiger partial charge < -0.3 is 5.73 Å². The van der Waals surface area contributed by atoms with E-state index >= 15 is 0 Å². The lowest BCUT2D eigenvalue weighted by Gasteiger charge is -2.35. The molecule has 126 valence electrons. The number of rotatable bonds is 4. The Kier molecular flexibility index (Phi) is 4.48. The molecule has 1 fully saturated rings. The Morgan fingerprint density at radius 1 is 1.39 bits per heavy atom. The van der Waals surface area contributed by atoms with Crippen LogP contribution < -0.4 is 5.73 Å². The fraction of sp³-hybridized carbons (Fsp3) is 0.467. The molecule has 4 nitrogen and oxygen atoms in total. The number of carbonyl (C=O) groups excluding carboxylic acids is 2. The molecule has 1 unspecified atom stereocenters. The monoisotopic (exact) mass is 333 g/mol. The Morgan fingerprint density at radius 2 is 2.04 bits per heavy atom. The second-order valence-electron chi connectivity index (χ2n) is 5.66. The van der Waals surface area contributed by atoms with Crippen LogP contribution in [0.2, 0.25) is 0 Å². The first-order valence-corrected chi connectivity index (χ1v) is 7.17. The summed E-state index contributed by atoms with van der Waals surface area (Å²) in [4.78, 5) is 23.9. The summed E-state index contributed by atoms with van der Waals surface area (Å²) in [6.07, 6.45) is -4.45. The van der Waals surface area contributed by atoms with Crippen LogP contribution in [0, 0.1) is 5.82 Å². The van der Waals surface area contributed by atoms with Gasteiger partial charge in [0.05, 0.1) is 18.5 Å². The van der Waals surface area contributed by atoms with Gasteiger partial charge in [0.2, 0.25) is 0 Å². The van der Waals surface area contributed by atoms with Crippen LogP contribution in [-0.4, -0.2) is 28.9 Å². The van der Waals surface area contributed by atoms with Gasteiger partial charge in [-0.15, -0.1) is 0 Å². The molecule has 2 N–H and O–H groups in total. The predicted octanol–water partition coefficient (Wildman–Crippen LogP) is 2.36. The van der Waals surface area contributed by atoms with E-state index in [1.165, 1.54) is 0 Å². The van der Waals surface area contributed by atoms with Crippen molar-refractivity contribution in [2.45, 2.75) is 38.5 Å². The van der Waals surface area contributed by atoms with Gasteiger partial charge in [-0.25, -0.2) is 13.7 Å². The summed E-state index contributed by atoms with van der Waals surface area (Å²) in [5, 5.41) is 0. The number of quaternary nitrogens is 1. The summed E-state index contributed by atoms with van der Waals surface area (Å²) in [5.74, 6) is -2.05. The molecule has 1 saturated heterocycles. The minimum Gasteiger partial charge on any atom is -0.364 e. The van der Waals surface area contributed by atoms with Crippen LogP contribution in [0.25, 0.3) is 0 Å². The molecule has 2 rings (SSSR count). The number of nitrogens with zero attached hydrogens (tertiary/aromatic N) is 1. The number of nitrogens with two attached hydrogens (primary N) is 1. The maximum atomic E-state index is 13.2. The van der Waals surface area contributed by atoms with Gasteiger partial charge in [-0.2, -0.15) is 13.2 Å². The molecule has 0 spiro atoms. The van der Waals surface area contributed by atoms with Crippen molar-refractivity contribution in [1.29, 1.82) is 0 Å². The summed E-state index contributed by atoms with van der Waals surface area (Å²) in [6.45, 7) is 1.43. The Labute approximate surface area is 130 Å². The van der Waals surface area contributed by atoms with Crippen molar-refractivity contribution in [1.82, 2.24) is 0 Å². The number of carbonyl (C=O) groups is 2. The SMILES string of the molecule is CC[N+]1(Cc2ccc(F)cc2C(F)(F)F)C(=O)CC[C@H]1C(N)=O. The van der Waals surface area contributed by atoms with E-state index in [0.29, 0.717) is 6.07 Å². The summed E-state index contributed by atoms with van der Waals surface area (Å²) >= 11 is 0. The molecule has 23 heavy (non-hydrogen) atoms. The number of likely N-dealkylation sites (tertiary alicyclic amines) is 1. The Balaban J connectivity index is 2.51. The Hall–Kier alpha value is -1.96. The van der Waals surface area contributed by atoms with E-state index < -0.39 is 34.0 Å². The smallest absolute Gasteiger partial charge is 0.364 e. The third kappa shape index (κ3) is 3.08. The summed E-state index contributed by atoms with van der Waals surface area (Å²) in [6, 6.07) is 1.47. The molecule has 2 atom stereocenters. The average Bonchev–Trinajstić information content (AvgIpc) is 2.77. The molecular weight excluding hydrogens is 316 g/mol. The average molecular weight is 333 g/mol. The van der Waals surface area contributed by atoms with Gasteiger partial charge in [-0.3, -0.25) is 4.79 Å². The highest BCUT2D eigenvalue weighted by atomic mass is 19.4. The van der Waals surface area contributed by atoms with Crippen LogP contribution in [-0.2, 0) is 22.3 Å². The van der Waals surface area contributed by atoms with Crippen molar-refractivity contribution in [3.8, 4) is 0 Å². The number of benzene rings is 1. The normalized spacial score (nSPS) is 24.9. The number of halogens is 4. The molecule has 1 heterocycles. The van der Waals surface area contributed by atoms with Gasteiger partial charge in [0.1, 0.15) is 12.4 Å². The number of hydrogen-bond donors (Lipinski definition) is 1. The highest BCUT2D eigenvalue weighted by molar-refractivity contribution is 5.84. The molecule has 1 aliphatic heterocycles. The van der Waals surface area contributed by atoms with Gasteiger partial charge in [-0.05, 0) is 25.1 Å². The Bertz CT molecular complexity index is 645. The molecule has 0 radical (unpaired) electrons. The van der Waals surface area contributed by atoms with E-state index in [1.54, 1.807) is 6.92 Å². The first-order chi connectivity index (χ1) is 10.6. The summed E-state index contributed by atoms with van der Waals surface area (Å²) in [5.41, 5.74) is 3.97. The van der Waals surface area contributed by atoms with Crippen molar-refractivity contribution in [3.63, 3.8) is 0 Å². The van der Waals surface area contributed by atoms with Gasteiger partial charge in [0.25, 0.3) is 5.91 Å². The van der Waals surface area contributed by atoms with Crippen molar-refractivity contribution in [3.05, 3.63) is 35.1 Å². The zero-order valence-corrected chi connectivity index (χ0v) is 12.5. The lowest BCUT2D eigenvalue weighted by atomic mass is 10.0. The van der Waals surface area contributed by atoms with Crippen molar-refractivity contribution in [2.24, 2.45) is 5.73 Å². The lowest BCUT2D eigenvalue weighted by molar-refractivity contribution is -0.873. The molecule has 1 aromatic rings. The molecule has 8 heteroatoms. The minimum absolute atomic E-state index is 0.0873. The standard InChI is InChI=1S/C15H16F4N2O2/c1-2-21(12(14(20)23)5-6-13(21)22)8-9-3-4-10(16)7-11(9)15(17,18)19/h3-4,7,12H,2,5-6,8H2,1H3,(H-,20,23)/p+1/t12-,21?/m0/s1. The van der Waals surface area contributed by atoms with Crippen molar-refractivity contribution in [2.75, 3.05) is 6.54 Å². The van der Waals surface area contributed by atoms with Gasteiger partial charge in [0, 0.05) is 12.0 Å². The van der Waals surface area contributed by atoms with Crippen LogP contribution in [0.1, 0.15) is 30.9 Å². The first-order valence-electron chi connectivity index (χ1n) is 7.17. The third-order valence-corrected chi connectivity index (χ3v) is 4.45. The Morgan fingerprint density at radius 3 is 2.57 bits per heavy atom. The quantitative estimate of drug-likeness (QED) is 0.679. The van der Waals surface area contributed by atoms with Gasteiger partial charge in [0.15, 0.2) is 6.04 Å². The molecule has 1 aliphatic rings. The second-order valence-corrected chi connectivity index (χ2v) is 5.66. The maximum Gasteiger partial charge on any atom is 0.416 e. The molecule has 0 saturated carbocycles. The van der Waals surface area contributed by atoms with Crippen LogP contribution in [0.15, 0.2) is 18.2 Å². The molecule has 2 amide bonds. The van der Waals surface area contributed by atoms with Crippen LogP contribution in [0.4, 0.5) is 17.6 Å². The third-order valence-electron chi connectivity index (χ3n) is 4.45. The van der Waals surface area contributed by atoms with E-state index in [4.69, 9.17) is 5.73 Å². The van der Waals surface area contributed by atoms with Gasteiger partial charge >= 0.3 is 12.1 Å². The molecule has 1 aromatic carbocycles. The second kappa shape index (κ2) is 5.92. The van der Waals surface area contributed by atoms with Crippen molar-refractivity contribution < 1.29 is 31.6 Å². The van der Waals surface area contributed by atoms with Gasteiger partial charge in [-0.1, -0.05) is 0 Å². The maximum absolute atomic E-state index is 13.2. The summed E-state index contributed by atoms with van der Waals surface area (Å²) in [7, 11) is 0. The molecule has 0 aromatic heterocycles. The van der Waals surface area contributed by atoms with Crippen LogP contribution in [0.5, 0.6) is 0 Å².